The highest BCUT2D eigenvalue weighted by Crippen LogP contribution is 2.19. The summed E-state index contributed by atoms with van der Waals surface area (Å²) in [6, 6.07) is 0. The average Bonchev–Trinajstić information content (AvgIpc) is 2.87. The summed E-state index contributed by atoms with van der Waals surface area (Å²) in [5, 5.41) is 0. The van der Waals surface area contributed by atoms with Gasteiger partial charge in [0.25, 0.3) is 0 Å². The molecule has 0 unspecified atom stereocenters. The number of alkyl halides is 1. The second kappa shape index (κ2) is 7.69. The standard InChI is InChI=1S/C13H15ClO6/c1-3-19-12(16)10(13(17)20-4-2)11(15)9-7-18-6-8(9)5-14/h6-7,10H,3-5H2,1-2H3. The number of Topliss-reactive ketones (excluding diaryl/α,β-unsaturated/α-hetero) is 1. The highest BCUT2D eigenvalue weighted by atomic mass is 35.5. The Morgan fingerprint density at radius 2 is 1.70 bits per heavy atom. The Kier molecular flexibility index (Phi) is 6.24. The van der Waals surface area contributed by atoms with Crippen LogP contribution in [0.4, 0.5) is 0 Å². The lowest BCUT2D eigenvalue weighted by Crippen LogP contribution is -2.35. The minimum Gasteiger partial charge on any atom is -0.472 e. The van der Waals surface area contributed by atoms with E-state index in [2.05, 4.69) is 0 Å². The molecule has 0 spiro atoms. The molecule has 0 bridgehead atoms. The molecule has 0 saturated heterocycles. The van der Waals surface area contributed by atoms with Crippen molar-refractivity contribution in [3.8, 4) is 0 Å². The number of carbonyl (C=O) groups excluding carboxylic acids is 3. The predicted octanol–water partition coefficient (Wildman–Crippen LogP) is 1.94. The Balaban J connectivity index is 3.06. The van der Waals surface area contributed by atoms with E-state index in [0.29, 0.717) is 5.56 Å². The fourth-order valence-electron chi connectivity index (χ4n) is 1.56. The second-order valence-corrected chi connectivity index (χ2v) is 4.01. The average molecular weight is 303 g/mol. The molecule has 1 aromatic heterocycles. The molecule has 1 rings (SSSR count). The number of ether oxygens (including phenoxy) is 2. The van der Waals surface area contributed by atoms with Gasteiger partial charge in [-0.2, -0.15) is 0 Å². The third-order valence-corrected chi connectivity index (χ3v) is 2.75. The highest BCUT2D eigenvalue weighted by Gasteiger charge is 2.38. The van der Waals surface area contributed by atoms with Crippen molar-refractivity contribution < 1.29 is 28.3 Å². The van der Waals surface area contributed by atoms with Crippen LogP contribution in [0.15, 0.2) is 16.9 Å². The van der Waals surface area contributed by atoms with Gasteiger partial charge in [-0.05, 0) is 13.8 Å². The number of carbonyl (C=O) groups is 3. The monoisotopic (exact) mass is 302 g/mol. The molecule has 0 saturated carbocycles. The number of hydrogen-bond donors (Lipinski definition) is 0. The van der Waals surface area contributed by atoms with E-state index in [9.17, 15) is 14.4 Å². The Labute approximate surface area is 121 Å². The molecule has 0 amide bonds. The molecule has 20 heavy (non-hydrogen) atoms. The lowest BCUT2D eigenvalue weighted by molar-refractivity contribution is -0.158. The van der Waals surface area contributed by atoms with Gasteiger partial charge in [-0.3, -0.25) is 14.4 Å². The van der Waals surface area contributed by atoms with Gasteiger partial charge < -0.3 is 13.9 Å². The first-order valence-corrected chi connectivity index (χ1v) is 6.58. The molecule has 1 aromatic rings. The maximum atomic E-state index is 12.3. The predicted molar refractivity (Wildman–Crippen MR) is 69.4 cm³/mol. The van der Waals surface area contributed by atoms with Gasteiger partial charge in [0.15, 0.2) is 5.78 Å². The third-order valence-electron chi connectivity index (χ3n) is 2.46. The zero-order chi connectivity index (χ0) is 15.1. The van der Waals surface area contributed by atoms with Crippen molar-refractivity contribution in [2.24, 2.45) is 5.92 Å². The topological polar surface area (TPSA) is 82.8 Å². The first-order chi connectivity index (χ1) is 9.56. The van der Waals surface area contributed by atoms with E-state index in [4.69, 9.17) is 25.5 Å². The molecular weight excluding hydrogens is 288 g/mol. The highest BCUT2D eigenvalue weighted by molar-refractivity contribution is 6.22. The van der Waals surface area contributed by atoms with E-state index in [1.54, 1.807) is 13.8 Å². The maximum absolute atomic E-state index is 12.3. The van der Waals surface area contributed by atoms with Crippen LogP contribution in [0.1, 0.15) is 29.8 Å². The van der Waals surface area contributed by atoms with Crippen molar-refractivity contribution in [2.75, 3.05) is 13.2 Å². The molecule has 1 heterocycles. The van der Waals surface area contributed by atoms with Gasteiger partial charge in [-0.1, -0.05) is 0 Å². The Hall–Kier alpha value is -1.82. The Morgan fingerprint density at radius 3 is 2.15 bits per heavy atom. The number of esters is 2. The summed E-state index contributed by atoms with van der Waals surface area (Å²) < 4.78 is 14.4. The van der Waals surface area contributed by atoms with Crippen LogP contribution >= 0.6 is 11.6 Å². The molecule has 0 atom stereocenters. The van der Waals surface area contributed by atoms with Gasteiger partial charge in [0, 0.05) is 5.56 Å². The van der Waals surface area contributed by atoms with Gasteiger partial charge in [0.2, 0.25) is 5.92 Å². The van der Waals surface area contributed by atoms with Crippen molar-refractivity contribution >= 4 is 29.3 Å². The van der Waals surface area contributed by atoms with E-state index >= 15 is 0 Å². The van der Waals surface area contributed by atoms with Crippen molar-refractivity contribution in [1.29, 1.82) is 0 Å². The summed E-state index contributed by atoms with van der Waals surface area (Å²) in [6.07, 6.45) is 2.43. The van der Waals surface area contributed by atoms with Crippen molar-refractivity contribution in [3.63, 3.8) is 0 Å². The molecule has 0 aliphatic heterocycles. The van der Waals surface area contributed by atoms with Crippen LogP contribution in [-0.2, 0) is 24.9 Å². The van der Waals surface area contributed by atoms with Crippen molar-refractivity contribution in [2.45, 2.75) is 19.7 Å². The van der Waals surface area contributed by atoms with Gasteiger partial charge in [-0.25, -0.2) is 0 Å². The van der Waals surface area contributed by atoms with Crippen LogP contribution in [0.2, 0.25) is 0 Å². The van der Waals surface area contributed by atoms with Gasteiger partial charge >= 0.3 is 11.9 Å². The fourth-order valence-corrected chi connectivity index (χ4v) is 1.77. The van der Waals surface area contributed by atoms with Crippen LogP contribution in [0.25, 0.3) is 0 Å². The number of furan rings is 1. The van der Waals surface area contributed by atoms with Crippen molar-refractivity contribution in [1.82, 2.24) is 0 Å². The second-order valence-electron chi connectivity index (χ2n) is 3.75. The van der Waals surface area contributed by atoms with Crippen LogP contribution in [0.5, 0.6) is 0 Å². The number of rotatable bonds is 7. The van der Waals surface area contributed by atoms with Crippen molar-refractivity contribution in [3.05, 3.63) is 23.7 Å². The van der Waals surface area contributed by atoms with Crippen LogP contribution in [0, 0.1) is 5.92 Å². The molecule has 0 radical (unpaired) electrons. The van der Waals surface area contributed by atoms with Crippen LogP contribution in [0.3, 0.4) is 0 Å². The normalized spacial score (nSPS) is 10.4. The summed E-state index contributed by atoms with van der Waals surface area (Å²) in [6.45, 7) is 3.25. The third kappa shape index (κ3) is 3.60. The smallest absolute Gasteiger partial charge is 0.328 e. The Morgan fingerprint density at radius 1 is 1.15 bits per heavy atom. The summed E-state index contributed by atoms with van der Waals surface area (Å²) in [4.78, 5) is 35.9. The number of halogens is 1. The van der Waals surface area contributed by atoms with Gasteiger partial charge in [0.05, 0.1) is 30.9 Å². The maximum Gasteiger partial charge on any atom is 0.328 e. The molecule has 6 nitrogen and oxygen atoms in total. The molecule has 110 valence electrons. The minimum atomic E-state index is -1.66. The summed E-state index contributed by atoms with van der Waals surface area (Å²) in [7, 11) is 0. The summed E-state index contributed by atoms with van der Waals surface area (Å²) >= 11 is 5.66. The van der Waals surface area contributed by atoms with E-state index in [1.807, 2.05) is 0 Å². The molecule has 0 fully saturated rings. The van der Waals surface area contributed by atoms with E-state index in [1.165, 1.54) is 6.26 Å². The number of hydrogen-bond acceptors (Lipinski definition) is 6. The van der Waals surface area contributed by atoms with E-state index < -0.39 is 23.6 Å². The zero-order valence-electron chi connectivity index (χ0n) is 11.2. The quantitative estimate of drug-likeness (QED) is 0.331. The largest absolute Gasteiger partial charge is 0.472 e. The fraction of sp³-hybridized carbons (Fsp3) is 0.462. The molecule has 0 aliphatic rings. The zero-order valence-corrected chi connectivity index (χ0v) is 11.9. The first-order valence-electron chi connectivity index (χ1n) is 6.05. The summed E-state index contributed by atoms with van der Waals surface area (Å²) in [5.41, 5.74) is 0.473. The molecule has 0 aromatic carbocycles. The molecule has 0 N–H and O–H groups in total. The molecule has 7 heteroatoms. The Bertz CT molecular complexity index is 475. The van der Waals surface area contributed by atoms with Gasteiger partial charge in [0.1, 0.15) is 6.26 Å². The number of ketones is 1. The molecular formula is C13H15ClO6. The SMILES string of the molecule is CCOC(=O)C(C(=O)OCC)C(=O)c1cocc1CCl. The van der Waals surface area contributed by atoms with Crippen LogP contribution in [-0.4, -0.2) is 30.9 Å². The van der Waals surface area contributed by atoms with Gasteiger partial charge in [-0.15, -0.1) is 11.6 Å². The lowest BCUT2D eigenvalue weighted by atomic mass is 9.97. The first kappa shape index (κ1) is 16.2. The van der Waals surface area contributed by atoms with E-state index in [-0.39, 0.29) is 24.7 Å². The molecule has 0 aliphatic carbocycles. The lowest BCUT2D eigenvalue weighted by Gasteiger charge is -2.13. The van der Waals surface area contributed by atoms with E-state index in [0.717, 1.165) is 6.26 Å². The summed E-state index contributed by atoms with van der Waals surface area (Å²) in [5.74, 6) is -4.27. The minimum absolute atomic E-state index is 0.0238. The van der Waals surface area contributed by atoms with Crippen LogP contribution < -0.4 is 0 Å².